The summed E-state index contributed by atoms with van der Waals surface area (Å²) in [4.78, 5) is 47.5. The third kappa shape index (κ3) is 7.12. The van der Waals surface area contributed by atoms with Gasteiger partial charge >= 0.3 is 17.9 Å². The number of nitrogens with zero attached hydrogens (tertiary/aromatic N) is 1. The molecule has 8 nitrogen and oxygen atoms in total. The Bertz CT molecular complexity index is 441. The second kappa shape index (κ2) is 9.81. The summed E-state index contributed by atoms with van der Waals surface area (Å²) in [6.45, 7) is 4.59. The molecule has 0 aromatic heterocycles. The van der Waals surface area contributed by atoms with E-state index in [9.17, 15) is 19.2 Å². The summed E-state index contributed by atoms with van der Waals surface area (Å²) in [5.74, 6) is -2.07. The van der Waals surface area contributed by atoms with Crippen LogP contribution in [0.4, 0.5) is 0 Å². The molecule has 0 bridgehead atoms. The molecule has 0 unspecified atom stereocenters. The highest BCUT2D eigenvalue weighted by atomic mass is 16.6. The molecular formula is C15H23NO7. The molecule has 1 aliphatic rings. The maximum absolute atomic E-state index is 11.9. The number of ether oxygens (including phenoxy) is 3. The lowest BCUT2D eigenvalue weighted by molar-refractivity contribution is -0.159. The van der Waals surface area contributed by atoms with Gasteiger partial charge in [0.25, 0.3) is 0 Å². The number of carbonyl (C=O) groups excluding carboxylic acids is 4. The molecule has 1 aliphatic heterocycles. The summed E-state index contributed by atoms with van der Waals surface area (Å²) >= 11 is 0. The predicted octanol–water partition coefficient (Wildman–Crippen LogP) is 0.427. The van der Waals surface area contributed by atoms with Gasteiger partial charge in [-0.3, -0.25) is 19.2 Å². The molecule has 0 aromatic carbocycles. The van der Waals surface area contributed by atoms with Crippen LogP contribution < -0.4 is 0 Å². The normalized spacial score (nSPS) is 15.0. The number of hydrogen-bond donors (Lipinski definition) is 0. The third-order valence-corrected chi connectivity index (χ3v) is 3.29. The van der Waals surface area contributed by atoms with Crippen LogP contribution in [0.2, 0.25) is 0 Å². The molecule has 0 N–H and O–H groups in total. The summed E-state index contributed by atoms with van der Waals surface area (Å²) in [5.41, 5.74) is 0. The molecule has 1 rings (SSSR count). The van der Waals surface area contributed by atoms with Gasteiger partial charge in [0.05, 0.1) is 13.2 Å². The lowest BCUT2D eigenvalue weighted by Crippen LogP contribution is -2.42. The van der Waals surface area contributed by atoms with Gasteiger partial charge in [0.2, 0.25) is 5.91 Å². The predicted molar refractivity (Wildman–Crippen MR) is 78.2 cm³/mol. The molecule has 1 heterocycles. The summed E-state index contributed by atoms with van der Waals surface area (Å²) in [6, 6.07) is 0. The quantitative estimate of drug-likeness (QED) is 0.379. The molecule has 0 atom stereocenters. The fourth-order valence-electron chi connectivity index (χ4n) is 2.23. The number of carbonyl (C=O) groups is 4. The van der Waals surface area contributed by atoms with E-state index < -0.39 is 24.3 Å². The van der Waals surface area contributed by atoms with E-state index in [1.54, 1.807) is 18.7 Å². The van der Waals surface area contributed by atoms with Gasteiger partial charge in [0.15, 0.2) is 0 Å². The molecule has 8 heteroatoms. The third-order valence-electron chi connectivity index (χ3n) is 3.29. The second-order valence-electron chi connectivity index (χ2n) is 5.03. The summed E-state index contributed by atoms with van der Waals surface area (Å²) in [7, 11) is 0. The van der Waals surface area contributed by atoms with Gasteiger partial charge in [0.1, 0.15) is 18.9 Å². The molecule has 0 saturated carbocycles. The van der Waals surface area contributed by atoms with Gasteiger partial charge in [-0.25, -0.2) is 0 Å². The van der Waals surface area contributed by atoms with Crippen molar-refractivity contribution in [3.05, 3.63) is 0 Å². The molecule has 0 radical (unpaired) electrons. The van der Waals surface area contributed by atoms with Gasteiger partial charge in [-0.2, -0.15) is 0 Å². The number of likely N-dealkylation sites (tertiary alicyclic amines) is 1. The average molecular weight is 329 g/mol. The Morgan fingerprint density at radius 3 is 1.91 bits per heavy atom. The first kappa shape index (κ1) is 18.9. The second-order valence-corrected chi connectivity index (χ2v) is 5.03. The number of esters is 3. The average Bonchev–Trinajstić information content (AvgIpc) is 2.48. The Hall–Kier alpha value is -2.12. The van der Waals surface area contributed by atoms with Crippen LogP contribution in [-0.4, -0.2) is 61.1 Å². The van der Waals surface area contributed by atoms with Crippen LogP contribution in [0.5, 0.6) is 0 Å². The van der Waals surface area contributed by atoms with Gasteiger partial charge in [0, 0.05) is 25.9 Å². The van der Waals surface area contributed by atoms with E-state index in [-0.39, 0.29) is 31.6 Å². The zero-order valence-corrected chi connectivity index (χ0v) is 13.5. The standard InChI is InChI=1S/C15H23NO7/c1-3-21-13(18)9-12(17)16-7-5-11(6-8-16)23-15(20)10-14(19)22-4-2/h11H,3-10H2,1-2H3. The molecule has 0 spiro atoms. The van der Waals surface area contributed by atoms with Crippen molar-refractivity contribution in [1.82, 2.24) is 4.90 Å². The fraction of sp³-hybridized carbons (Fsp3) is 0.733. The molecule has 1 fully saturated rings. The van der Waals surface area contributed by atoms with E-state index in [1.165, 1.54) is 0 Å². The highest BCUT2D eigenvalue weighted by molar-refractivity contribution is 5.94. The van der Waals surface area contributed by atoms with Gasteiger partial charge < -0.3 is 19.1 Å². The van der Waals surface area contributed by atoms with Crippen LogP contribution in [0, 0.1) is 0 Å². The molecule has 130 valence electrons. The largest absolute Gasteiger partial charge is 0.466 e. The first-order valence-electron chi connectivity index (χ1n) is 7.74. The molecular weight excluding hydrogens is 306 g/mol. The maximum atomic E-state index is 11.9. The van der Waals surface area contributed by atoms with Crippen molar-refractivity contribution < 1.29 is 33.4 Å². The van der Waals surface area contributed by atoms with Gasteiger partial charge in [-0.15, -0.1) is 0 Å². The minimum absolute atomic E-state index is 0.215. The SMILES string of the molecule is CCOC(=O)CC(=O)OC1CCN(C(=O)CC(=O)OCC)CC1. The summed E-state index contributed by atoms with van der Waals surface area (Å²) < 4.78 is 14.6. The lowest BCUT2D eigenvalue weighted by atomic mass is 10.1. The van der Waals surface area contributed by atoms with Crippen molar-refractivity contribution in [3.63, 3.8) is 0 Å². The van der Waals surface area contributed by atoms with Crippen LogP contribution in [0.1, 0.15) is 39.5 Å². The smallest absolute Gasteiger partial charge is 0.317 e. The van der Waals surface area contributed by atoms with Gasteiger partial charge in [-0.1, -0.05) is 0 Å². The Balaban J connectivity index is 2.29. The number of amides is 1. The van der Waals surface area contributed by atoms with Crippen molar-refractivity contribution in [1.29, 1.82) is 0 Å². The molecule has 23 heavy (non-hydrogen) atoms. The first-order valence-corrected chi connectivity index (χ1v) is 7.74. The van der Waals surface area contributed by atoms with Crippen LogP contribution in [0.3, 0.4) is 0 Å². The number of hydrogen-bond acceptors (Lipinski definition) is 7. The number of piperidine rings is 1. The zero-order chi connectivity index (χ0) is 17.2. The van der Waals surface area contributed by atoms with Crippen molar-refractivity contribution in [2.45, 2.75) is 45.6 Å². The molecule has 0 aliphatic carbocycles. The van der Waals surface area contributed by atoms with Crippen molar-refractivity contribution in [2.75, 3.05) is 26.3 Å². The molecule has 0 aromatic rings. The van der Waals surface area contributed by atoms with E-state index in [1.807, 2.05) is 0 Å². The van der Waals surface area contributed by atoms with E-state index >= 15 is 0 Å². The minimum atomic E-state index is -0.625. The van der Waals surface area contributed by atoms with Gasteiger partial charge in [-0.05, 0) is 13.8 Å². The van der Waals surface area contributed by atoms with E-state index in [0.29, 0.717) is 25.9 Å². The lowest BCUT2D eigenvalue weighted by Gasteiger charge is -2.31. The highest BCUT2D eigenvalue weighted by Crippen LogP contribution is 2.15. The maximum Gasteiger partial charge on any atom is 0.317 e. The van der Waals surface area contributed by atoms with E-state index in [4.69, 9.17) is 9.47 Å². The van der Waals surface area contributed by atoms with Crippen molar-refractivity contribution in [3.8, 4) is 0 Å². The van der Waals surface area contributed by atoms with Crippen molar-refractivity contribution >= 4 is 23.8 Å². The summed E-state index contributed by atoms with van der Waals surface area (Å²) in [5, 5.41) is 0. The summed E-state index contributed by atoms with van der Waals surface area (Å²) in [6.07, 6.45) is -0.0629. The van der Waals surface area contributed by atoms with Crippen LogP contribution >= 0.6 is 0 Å². The van der Waals surface area contributed by atoms with E-state index in [2.05, 4.69) is 4.74 Å². The number of rotatable bonds is 7. The molecule has 1 saturated heterocycles. The van der Waals surface area contributed by atoms with Crippen LogP contribution in [-0.2, 0) is 33.4 Å². The Morgan fingerprint density at radius 2 is 1.39 bits per heavy atom. The van der Waals surface area contributed by atoms with Crippen molar-refractivity contribution in [2.24, 2.45) is 0 Å². The topological polar surface area (TPSA) is 99.2 Å². The van der Waals surface area contributed by atoms with E-state index in [0.717, 1.165) is 0 Å². The highest BCUT2D eigenvalue weighted by Gasteiger charge is 2.27. The zero-order valence-electron chi connectivity index (χ0n) is 13.5. The monoisotopic (exact) mass is 329 g/mol. The minimum Gasteiger partial charge on any atom is -0.466 e. The van der Waals surface area contributed by atoms with Crippen LogP contribution in [0.15, 0.2) is 0 Å². The molecule has 1 amide bonds. The van der Waals surface area contributed by atoms with Crippen LogP contribution in [0.25, 0.3) is 0 Å². The Morgan fingerprint density at radius 1 is 0.870 bits per heavy atom. The Labute approximate surface area is 135 Å². The first-order chi connectivity index (χ1) is 11.0. The fourth-order valence-corrected chi connectivity index (χ4v) is 2.23. The Kier molecular flexibility index (Phi) is 8.07.